The molecule has 0 amide bonds. The fourth-order valence-electron chi connectivity index (χ4n) is 1.29. The van der Waals surface area contributed by atoms with Gasteiger partial charge in [0.1, 0.15) is 4.62 Å². The maximum Gasteiger partial charge on any atom is 0.338 e. The molecule has 4 nitrogen and oxygen atoms in total. The summed E-state index contributed by atoms with van der Waals surface area (Å²) in [5.41, 5.74) is 5.01. The zero-order chi connectivity index (χ0) is 12.1. The van der Waals surface area contributed by atoms with E-state index >= 15 is 0 Å². The van der Waals surface area contributed by atoms with Gasteiger partial charge in [-0.05, 0) is 40.5 Å². The third-order valence-corrected chi connectivity index (χ3v) is 2.72. The zero-order valence-corrected chi connectivity index (χ0v) is 11.0. The van der Waals surface area contributed by atoms with Crippen LogP contribution in [0.25, 0.3) is 0 Å². The van der Waals surface area contributed by atoms with Gasteiger partial charge in [-0.3, -0.25) is 0 Å². The Balaban J connectivity index is 3.09. The van der Waals surface area contributed by atoms with E-state index in [0.29, 0.717) is 10.2 Å². The third-order valence-electron chi connectivity index (χ3n) is 2.08. The number of methoxy groups -OCH3 is 1. The van der Waals surface area contributed by atoms with Crippen molar-refractivity contribution in [2.24, 2.45) is 5.10 Å². The summed E-state index contributed by atoms with van der Waals surface area (Å²) in [6, 6.07) is 5.41. The molecule has 0 fully saturated rings. The highest BCUT2D eigenvalue weighted by molar-refractivity contribution is 9.18. The molecule has 0 saturated carbocycles. The van der Waals surface area contributed by atoms with E-state index in [9.17, 15) is 4.79 Å². The van der Waals surface area contributed by atoms with Gasteiger partial charge in [0.05, 0.1) is 12.7 Å². The number of nitrogens with one attached hydrogen (secondary N) is 1. The molecule has 0 unspecified atom stereocenters. The summed E-state index contributed by atoms with van der Waals surface area (Å²) in [6.07, 6.45) is 0. The van der Waals surface area contributed by atoms with Crippen LogP contribution in [0.15, 0.2) is 23.3 Å². The molecule has 1 N–H and O–H groups in total. The van der Waals surface area contributed by atoms with Crippen molar-refractivity contribution in [1.82, 2.24) is 5.43 Å². The number of hydrazone groups is 1. The molecule has 0 atom stereocenters. The van der Waals surface area contributed by atoms with Crippen LogP contribution in [-0.4, -0.2) is 24.7 Å². The topological polar surface area (TPSA) is 50.7 Å². The van der Waals surface area contributed by atoms with Gasteiger partial charge < -0.3 is 10.2 Å². The van der Waals surface area contributed by atoms with E-state index in [1.54, 1.807) is 13.1 Å². The average Bonchev–Trinajstić information content (AvgIpc) is 2.28. The quantitative estimate of drug-likeness (QED) is 0.525. The van der Waals surface area contributed by atoms with Gasteiger partial charge in [0.25, 0.3) is 0 Å². The summed E-state index contributed by atoms with van der Waals surface area (Å²) in [5, 5.41) is 4.00. The molecule has 0 aliphatic carbocycles. The summed E-state index contributed by atoms with van der Waals surface area (Å²) in [7, 11) is 3.09. The summed E-state index contributed by atoms with van der Waals surface area (Å²) in [6.45, 7) is 1.86. The lowest BCUT2D eigenvalue weighted by Crippen LogP contribution is -2.06. The molecule has 16 heavy (non-hydrogen) atoms. The van der Waals surface area contributed by atoms with Crippen LogP contribution >= 0.6 is 15.9 Å². The highest BCUT2D eigenvalue weighted by Gasteiger charge is 2.10. The highest BCUT2D eigenvalue weighted by atomic mass is 79.9. The van der Waals surface area contributed by atoms with Gasteiger partial charge in [0.15, 0.2) is 0 Å². The second kappa shape index (κ2) is 5.65. The van der Waals surface area contributed by atoms with Crippen LogP contribution in [0.4, 0.5) is 0 Å². The van der Waals surface area contributed by atoms with Gasteiger partial charge in [-0.2, -0.15) is 5.10 Å². The van der Waals surface area contributed by atoms with Crippen LogP contribution in [0.1, 0.15) is 21.5 Å². The Kier molecular flexibility index (Phi) is 4.49. The van der Waals surface area contributed by atoms with Gasteiger partial charge in [0, 0.05) is 12.6 Å². The lowest BCUT2D eigenvalue weighted by Gasteiger charge is -2.06. The second-order valence-electron chi connectivity index (χ2n) is 3.15. The van der Waals surface area contributed by atoms with E-state index < -0.39 is 0 Å². The number of aryl methyl sites for hydroxylation is 1. The van der Waals surface area contributed by atoms with E-state index in [-0.39, 0.29) is 5.97 Å². The van der Waals surface area contributed by atoms with Crippen molar-refractivity contribution in [3.05, 3.63) is 34.9 Å². The lowest BCUT2D eigenvalue weighted by molar-refractivity contribution is 0.0600. The Bertz CT molecular complexity index is 430. The summed E-state index contributed by atoms with van der Waals surface area (Å²) in [4.78, 5) is 11.4. The largest absolute Gasteiger partial charge is 0.465 e. The predicted molar refractivity (Wildman–Crippen MR) is 67.0 cm³/mol. The van der Waals surface area contributed by atoms with E-state index in [1.165, 1.54) is 7.11 Å². The molecule has 0 saturated heterocycles. The first kappa shape index (κ1) is 12.7. The minimum Gasteiger partial charge on any atom is -0.465 e. The predicted octanol–water partition coefficient (Wildman–Crippen LogP) is 2.06. The van der Waals surface area contributed by atoms with Crippen molar-refractivity contribution in [3.8, 4) is 0 Å². The number of carbonyl (C=O) groups is 1. The molecule has 0 aliphatic heterocycles. The zero-order valence-electron chi connectivity index (χ0n) is 9.37. The minimum atomic E-state index is -0.328. The van der Waals surface area contributed by atoms with Gasteiger partial charge in [0.2, 0.25) is 0 Å². The number of ether oxygens (including phenoxy) is 1. The molecule has 0 aliphatic rings. The number of halogens is 1. The van der Waals surface area contributed by atoms with Crippen LogP contribution in [0.5, 0.6) is 0 Å². The molecule has 0 heterocycles. The average molecular weight is 285 g/mol. The third kappa shape index (κ3) is 2.82. The minimum absolute atomic E-state index is 0.328. The summed E-state index contributed by atoms with van der Waals surface area (Å²) < 4.78 is 5.36. The maximum atomic E-state index is 11.4. The molecular weight excluding hydrogens is 272 g/mol. The smallest absolute Gasteiger partial charge is 0.338 e. The number of hydrogen-bond acceptors (Lipinski definition) is 4. The van der Waals surface area contributed by atoms with Gasteiger partial charge in [-0.15, -0.1) is 0 Å². The monoisotopic (exact) mass is 284 g/mol. The number of nitrogens with zero attached hydrogens (tertiary/aromatic N) is 1. The van der Waals surface area contributed by atoms with Crippen LogP contribution in [0, 0.1) is 6.92 Å². The summed E-state index contributed by atoms with van der Waals surface area (Å²) in [5.74, 6) is -0.328. The Morgan fingerprint density at radius 1 is 1.50 bits per heavy atom. The van der Waals surface area contributed by atoms with Crippen LogP contribution < -0.4 is 5.43 Å². The van der Waals surface area contributed by atoms with Crippen molar-refractivity contribution >= 4 is 26.5 Å². The van der Waals surface area contributed by atoms with E-state index in [4.69, 9.17) is 0 Å². The molecule has 0 radical (unpaired) electrons. The number of carbonyl (C=O) groups excluding carboxylic acids is 1. The van der Waals surface area contributed by atoms with Crippen molar-refractivity contribution in [1.29, 1.82) is 0 Å². The Hall–Kier alpha value is -1.36. The molecule has 0 bridgehead atoms. The fraction of sp³-hybridized carbons (Fsp3) is 0.273. The molecular formula is C11H13BrN2O2. The van der Waals surface area contributed by atoms with Crippen LogP contribution in [0.3, 0.4) is 0 Å². The van der Waals surface area contributed by atoms with Crippen molar-refractivity contribution in [2.75, 3.05) is 14.2 Å². The first-order valence-corrected chi connectivity index (χ1v) is 5.48. The van der Waals surface area contributed by atoms with Gasteiger partial charge >= 0.3 is 5.97 Å². The van der Waals surface area contributed by atoms with E-state index in [2.05, 4.69) is 31.2 Å². The van der Waals surface area contributed by atoms with E-state index in [0.717, 1.165) is 11.1 Å². The van der Waals surface area contributed by atoms with Crippen LogP contribution in [0.2, 0.25) is 0 Å². The number of rotatable bonds is 3. The first-order chi connectivity index (χ1) is 7.60. The normalized spacial score (nSPS) is 11.1. The van der Waals surface area contributed by atoms with E-state index in [1.807, 2.05) is 19.1 Å². The number of hydrogen-bond donors (Lipinski definition) is 1. The Labute approximate surface area is 103 Å². The first-order valence-electron chi connectivity index (χ1n) is 4.69. The molecule has 5 heteroatoms. The molecule has 0 spiro atoms. The highest BCUT2D eigenvalue weighted by Crippen LogP contribution is 2.15. The molecule has 86 valence electrons. The van der Waals surface area contributed by atoms with Crippen molar-refractivity contribution < 1.29 is 9.53 Å². The molecule has 1 aromatic carbocycles. The summed E-state index contributed by atoms with van der Waals surface area (Å²) >= 11 is 3.33. The molecule has 1 rings (SSSR count). The van der Waals surface area contributed by atoms with Gasteiger partial charge in [-0.25, -0.2) is 4.79 Å². The number of benzene rings is 1. The molecule has 0 aromatic heterocycles. The molecule has 1 aromatic rings. The van der Waals surface area contributed by atoms with Crippen LogP contribution in [-0.2, 0) is 4.74 Å². The lowest BCUT2D eigenvalue weighted by atomic mass is 10.1. The van der Waals surface area contributed by atoms with Crippen molar-refractivity contribution in [3.63, 3.8) is 0 Å². The number of esters is 1. The maximum absolute atomic E-state index is 11.4. The Morgan fingerprint density at radius 2 is 2.19 bits per heavy atom. The second-order valence-corrected chi connectivity index (χ2v) is 3.90. The standard InChI is InChI=1S/C11H13BrN2O2/c1-7-6-8(10(12)14-13-2)4-5-9(7)11(15)16-3/h4-6,13H,1-3H3. The SMILES string of the molecule is CNN=C(Br)c1ccc(C(=O)OC)c(C)c1. The van der Waals surface area contributed by atoms with Crippen molar-refractivity contribution in [2.45, 2.75) is 6.92 Å². The fourth-order valence-corrected chi connectivity index (χ4v) is 1.72. The Morgan fingerprint density at radius 3 is 2.69 bits per heavy atom. The van der Waals surface area contributed by atoms with Gasteiger partial charge in [-0.1, -0.05) is 6.07 Å².